The third-order valence-electron chi connectivity index (χ3n) is 1.79. The van der Waals surface area contributed by atoms with E-state index >= 15 is 0 Å². The van der Waals surface area contributed by atoms with Crippen molar-refractivity contribution in [1.29, 1.82) is 0 Å². The molecule has 0 bridgehead atoms. The first-order chi connectivity index (χ1) is 6.62. The van der Waals surface area contributed by atoms with E-state index in [0.717, 1.165) is 45.4 Å². The van der Waals surface area contributed by atoms with Gasteiger partial charge in [0, 0.05) is 0 Å². The van der Waals surface area contributed by atoms with Gasteiger partial charge in [0.1, 0.15) is 0 Å². The fraction of sp³-hybridized carbons (Fsp3) is 0.889. The molecule has 0 aliphatic heterocycles. The van der Waals surface area contributed by atoms with E-state index in [1.165, 1.54) is 0 Å². The van der Waals surface area contributed by atoms with E-state index in [4.69, 9.17) is 11.5 Å². The average Bonchev–Trinajstić information content (AvgIpc) is 2.13. The SMILES string of the molecule is C=I(C)(NCCCN)NCCCCN. The molecule has 6 N–H and O–H groups in total. The van der Waals surface area contributed by atoms with Crippen molar-refractivity contribution in [2.75, 3.05) is 31.1 Å². The van der Waals surface area contributed by atoms with E-state index in [1.807, 2.05) is 0 Å². The Morgan fingerprint density at radius 3 is 2.00 bits per heavy atom. The van der Waals surface area contributed by atoms with Crippen LogP contribution in [0.3, 0.4) is 0 Å². The van der Waals surface area contributed by atoms with Gasteiger partial charge in [-0.05, 0) is 0 Å². The van der Waals surface area contributed by atoms with Crippen LogP contribution >= 0.6 is 18.5 Å². The summed E-state index contributed by atoms with van der Waals surface area (Å²) in [4.78, 5) is 2.21. The van der Waals surface area contributed by atoms with Crippen molar-refractivity contribution in [3.63, 3.8) is 0 Å². The van der Waals surface area contributed by atoms with Crippen molar-refractivity contribution < 1.29 is 0 Å². The maximum absolute atomic E-state index is 5.42. The summed E-state index contributed by atoms with van der Waals surface area (Å²) < 4.78 is 11.2. The summed E-state index contributed by atoms with van der Waals surface area (Å²) in [6, 6.07) is 0. The molecule has 0 aromatic heterocycles. The van der Waals surface area contributed by atoms with Crippen molar-refractivity contribution >= 4 is 23.0 Å². The van der Waals surface area contributed by atoms with Crippen LogP contribution in [0.2, 0.25) is 0 Å². The minimum atomic E-state index is -2.05. The Labute approximate surface area is 91.9 Å². The summed E-state index contributed by atoms with van der Waals surface area (Å²) in [5.74, 6) is 0. The number of alkyl halides is 1. The fourth-order valence-corrected chi connectivity index (χ4v) is 4.38. The van der Waals surface area contributed by atoms with Crippen LogP contribution in [0, 0.1) is 0 Å². The molecule has 88 valence electrons. The number of nitrogens with one attached hydrogen (secondary N) is 2. The molecule has 0 radical (unpaired) electrons. The van der Waals surface area contributed by atoms with E-state index < -0.39 is 18.5 Å². The first-order valence-electron chi connectivity index (χ1n) is 5.05. The Morgan fingerprint density at radius 2 is 1.50 bits per heavy atom. The van der Waals surface area contributed by atoms with Crippen LogP contribution in [-0.2, 0) is 0 Å². The fourth-order valence-electron chi connectivity index (χ4n) is 0.969. The Hall–Kier alpha value is 0.440. The molecule has 14 heavy (non-hydrogen) atoms. The second-order valence-electron chi connectivity index (χ2n) is 3.41. The molecule has 0 amide bonds. The first-order valence-corrected chi connectivity index (χ1v) is 10.9. The van der Waals surface area contributed by atoms with Gasteiger partial charge in [0.2, 0.25) is 0 Å². The molecule has 0 rings (SSSR count). The molecule has 0 aromatic carbocycles. The molecule has 1 unspecified atom stereocenters. The second kappa shape index (κ2) is 8.72. The van der Waals surface area contributed by atoms with E-state index in [-0.39, 0.29) is 0 Å². The molecule has 1 atom stereocenters. The van der Waals surface area contributed by atoms with Crippen LogP contribution in [0.5, 0.6) is 0 Å². The average molecular weight is 316 g/mol. The maximum atomic E-state index is 5.42. The summed E-state index contributed by atoms with van der Waals surface area (Å²) in [7, 11) is 0. The van der Waals surface area contributed by atoms with Crippen LogP contribution in [0.25, 0.3) is 0 Å². The van der Waals surface area contributed by atoms with Crippen molar-refractivity contribution in [3.05, 3.63) is 0 Å². The minimum absolute atomic E-state index is 0.747. The number of hydrogen-bond acceptors (Lipinski definition) is 4. The number of halogens is 1. The van der Waals surface area contributed by atoms with Gasteiger partial charge in [0.25, 0.3) is 0 Å². The van der Waals surface area contributed by atoms with Crippen molar-refractivity contribution in [2.24, 2.45) is 11.5 Å². The summed E-state index contributed by atoms with van der Waals surface area (Å²) >= 11 is -2.05. The van der Waals surface area contributed by atoms with Crippen LogP contribution in [-0.4, -0.2) is 35.6 Å². The summed E-state index contributed by atoms with van der Waals surface area (Å²) in [5.41, 5.74) is 10.8. The molecule has 0 aliphatic carbocycles. The summed E-state index contributed by atoms with van der Waals surface area (Å²) in [5, 5.41) is 0. The molecule has 0 saturated carbocycles. The number of hydrogen-bond donors (Lipinski definition) is 4. The number of unbranched alkanes of at least 4 members (excludes halogenated alkanes) is 1. The van der Waals surface area contributed by atoms with Gasteiger partial charge < -0.3 is 0 Å². The summed E-state index contributed by atoms with van der Waals surface area (Å²) in [6.45, 7) is 3.54. The predicted octanol–water partition coefficient (Wildman–Crippen LogP) is 0.187. The topological polar surface area (TPSA) is 76.1 Å². The molecular formula is C9H25IN4. The Kier molecular flexibility index (Phi) is 9.00. The van der Waals surface area contributed by atoms with Crippen molar-refractivity contribution in [3.8, 4) is 0 Å². The monoisotopic (exact) mass is 316 g/mol. The number of nitrogens with two attached hydrogens (primary N) is 2. The van der Waals surface area contributed by atoms with E-state index in [1.54, 1.807) is 0 Å². The van der Waals surface area contributed by atoms with Crippen molar-refractivity contribution in [1.82, 2.24) is 7.06 Å². The van der Waals surface area contributed by atoms with Gasteiger partial charge in [-0.1, -0.05) is 0 Å². The second-order valence-corrected chi connectivity index (χ2v) is 10.7. The molecule has 0 aliphatic rings. The van der Waals surface area contributed by atoms with Gasteiger partial charge in [0.05, 0.1) is 0 Å². The quantitative estimate of drug-likeness (QED) is 0.212. The Balaban J connectivity index is 3.46. The molecule has 4 nitrogen and oxygen atoms in total. The molecule has 0 fully saturated rings. The van der Waals surface area contributed by atoms with Crippen LogP contribution in [0.1, 0.15) is 19.3 Å². The Morgan fingerprint density at radius 1 is 1.00 bits per heavy atom. The van der Waals surface area contributed by atoms with E-state index in [9.17, 15) is 0 Å². The molecular weight excluding hydrogens is 291 g/mol. The van der Waals surface area contributed by atoms with E-state index in [2.05, 4.69) is 16.5 Å². The normalized spacial score (nSPS) is 17.6. The van der Waals surface area contributed by atoms with Gasteiger partial charge in [-0.15, -0.1) is 0 Å². The molecule has 0 saturated heterocycles. The van der Waals surface area contributed by atoms with Crippen molar-refractivity contribution in [2.45, 2.75) is 19.3 Å². The standard InChI is InChI=1S/C9H25IN4/c1-10(2,14-9-5-7-12)13-8-4-3-6-11/h13-14H,1,3-9,11-12H2,2H3. The zero-order valence-corrected chi connectivity index (χ0v) is 11.3. The van der Waals surface area contributed by atoms with Gasteiger partial charge in [-0.3, -0.25) is 0 Å². The van der Waals surface area contributed by atoms with E-state index in [0.29, 0.717) is 0 Å². The predicted molar refractivity (Wildman–Crippen MR) is 75.0 cm³/mol. The molecule has 0 aromatic rings. The molecule has 0 heterocycles. The summed E-state index contributed by atoms with van der Waals surface area (Å²) in [6.07, 6.45) is 3.26. The van der Waals surface area contributed by atoms with Gasteiger partial charge in [-0.2, -0.15) is 0 Å². The molecule has 0 spiro atoms. The third-order valence-corrected chi connectivity index (χ3v) is 6.24. The Bertz CT molecular complexity index is 172. The third kappa shape index (κ3) is 9.01. The van der Waals surface area contributed by atoms with Crippen LogP contribution in [0.4, 0.5) is 0 Å². The zero-order valence-electron chi connectivity index (χ0n) is 9.19. The van der Waals surface area contributed by atoms with Gasteiger partial charge >= 0.3 is 91.9 Å². The zero-order chi connectivity index (χ0) is 10.9. The first kappa shape index (κ1) is 14.4. The van der Waals surface area contributed by atoms with Crippen LogP contribution in [0.15, 0.2) is 0 Å². The molecule has 5 heteroatoms. The number of rotatable bonds is 9. The van der Waals surface area contributed by atoms with Gasteiger partial charge in [-0.25, -0.2) is 0 Å². The van der Waals surface area contributed by atoms with Gasteiger partial charge in [0.15, 0.2) is 0 Å². The van der Waals surface area contributed by atoms with Crippen LogP contribution < -0.4 is 18.5 Å².